The second-order valence-corrected chi connectivity index (χ2v) is 10.5. The van der Waals surface area contributed by atoms with E-state index in [0.29, 0.717) is 41.2 Å². The molecule has 39 heavy (non-hydrogen) atoms. The van der Waals surface area contributed by atoms with Gasteiger partial charge in [-0.15, -0.1) is 0 Å². The highest BCUT2D eigenvalue weighted by Crippen LogP contribution is 2.33. The predicted molar refractivity (Wildman–Crippen MR) is 155 cm³/mol. The summed E-state index contributed by atoms with van der Waals surface area (Å²) in [5.74, 6) is 0.752. The first-order valence-electron chi connectivity index (χ1n) is 13.5. The molecule has 8 heteroatoms. The normalized spacial score (nSPS) is 18.2. The maximum Gasteiger partial charge on any atom is 0.227 e. The Labute approximate surface area is 233 Å². The topological polar surface area (TPSA) is 53.0 Å². The lowest BCUT2D eigenvalue weighted by Crippen LogP contribution is -2.38. The highest BCUT2D eigenvalue weighted by Gasteiger charge is 2.24. The van der Waals surface area contributed by atoms with E-state index in [4.69, 9.17) is 16.4 Å². The van der Waals surface area contributed by atoms with Gasteiger partial charge in [0.25, 0.3) is 0 Å². The Morgan fingerprint density at radius 3 is 2.64 bits per heavy atom. The number of hydrogen-bond donors (Lipinski definition) is 1. The zero-order valence-electron chi connectivity index (χ0n) is 21.9. The summed E-state index contributed by atoms with van der Waals surface area (Å²) in [5.41, 5.74) is 6.26. The molecule has 1 fully saturated rings. The molecule has 0 saturated carbocycles. The van der Waals surface area contributed by atoms with Crippen molar-refractivity contribution in [2.75, 3.05) is 38.1 Å². The smallest absolute Gasteiger partial charge is 0.227 e. The molecule has 3 aliphatic rings. The minimum atomic E-state index is -0.519. The number of piperidine rings is 1. The molecule has 3 aliphatic heterocycles. The number of hydroxylamine groups is 2. The van der Waals surface area contributed by atoms with E-state index in [1.54, 1.807) is 23.3 Å². The third-order valence-electron chi connectivity index (χ3n) is 7.71. The van der Waals surface area contributed by atoms with Gasteiger partial charge in [-0.3, -0.25) is 4.84 Å². The van der Waals surface area contributed by atoms with Crippen molar-refractivity contribution in [1.82, 2.24) is 14.9 Å². The molecule has 1 aromatic heterocycles. The molecule has 4 heterocycles. The SMILES string of the molecule is CCN1CCC(c2ccc(NC3=NC=C4C=C(c5ccc(-c6cccnc6F)cc5Cl)CON3C4)cc2)CC1. The molecular weight excluding hydrogens is 513 g/mol. The van der Waals surface area contributed by atoms with E-state index in [-0.39, 0.29) is 0 Å². The van der Waals surface area contributed by atoms with Crippen LogP contribution in [0.3, 0.4) is 0 Å². The Kier molecular flexibility index (Phi) is 7.46. The molecule has 0 atom stereocenters. The van der Waals surface area contributed by atoms with Crippen LogP contribution in [0.1, 0.15) is 36.8 Å². The first-order chi connectivity index (χ1) is 19.1. The number of anilines is 1. The number of fused-ring (bicyclic) bond motifs is 2. The lowest BCUT2D eigenvalue weighted by molar-refractivity contribution is -0.0743. The summed E-state index contributed by atoms with van der Waals surface area (Å²) in [4.78, 5) is 17.0. The van der Waals surface area contributed by atoms with Crippen molar-refractivity contribution in [3.05, 3.63) is 101 Å². The molecule has 0 amide bonds. The van der Waals surface area contributed by atoms with Crippen LogP contribution in [0.15, 0.2) is 83.6 Å². The fourth-order valence-corrected chi connectivity index (χ4v) is 5.74. The zero-order chi connectivity index (χ0) is 26.8. The third kappa shape index (κ3) is 5.62. The molecule has 2 bridgehead atoms. The van der Waals surface area contributed by atoms with Crippen LogP contribution in [0.25, 0.3) is 16.7 Å². The van der Waals surface area contributed by atoms with Gasteiger partial charge in [-0.05, 0) is 103 Å². The standard InChI is InChI=1S/C31H31ClFN5O/c1-2-37-14-11-23(12-15-37)22-5-8-26(9-6-22)36-31-35-18-21-16-25(20-39-38(31)19-21)27-10-7-24(17-29(27)32)28-4-3-13-34-30(28)33/h3-10,13,16-18,23H,2,11-12,14-15,19-20H2,1H3,(H,35,36). The quantitative estimate of drug-likeness (QED) is 0.361. The molecule has 1 saturated heterocycles. The number of aromatic nitrogens is 1. The Balaban J connectivity index is 1.14. The summed E-state index contributed by atoms with van der Waals surface area (Å²) < 4.78 is 14.2. The van der Waals surface area contributed by atoms with Gasteiger partial charge < -0.3 is 10.2 Å². The number of likely N-dealkylation sites (tertiary alicyclic amines) is 1. The zero-order valence-corrected chi connectivity index (χ0v) is 22.7. The van der Waals surface area contributed by atoms with Crippen LogP contribution in [0.5, 0.6) is 0 Å². The summed E-state index contributed by atoms with van der Waals surface area (Å²) in [6.07, 6.45) is 7.78. The third-order valence-corrected chi connectivity index (χ3v) is 8.02. The van der Waals surface area contributed by atoms with E-state index in [1.165, 1.54) is 37.7 Å². The van der Waals surface area contributed by atoms with Gasteiger partial charge in [-0.2, -0.15) is 4.39 Å². The van der Waals surface area contributed by atoms with Crippen LogP contribution in [-0.2, 0) is 4.84 Å². The van der Waals surface area contributed by atoms with Crippen LogP contribution in [0.2, 0.25) is 5.02 Å². The number of guanidine groups is 1. The Morgan fingerprint density at radius 1 is 1.08 bits per heavy atom. The van der Waals surface area contributed by atoms with Crippen LogP contribution in [0.4, 0.5) is 10.1 Å². The van der Waals surface area contributed by atoms with Gasteiger partial charge in [0.15, 0.2) is 0 Å². The van der Waals surface area contributed by atoms with Gasteiger partial charge in [0.1, 0.15) is 6.61 Å². The van der Waals surface area contributed by atoms with Crippen molar-refractivity contribution >= 4 is 28.8 Å². The first kappa shape index (κ1) is 25.7. The predicted octanol–water partition coefficient (Wildman–Crippen LogP) is 6.74. The molecule has 1 N–H and O–H groups in total. The maximum absolute atomic E-state index is 14.2. The fourth-order valence-electron chi connectivity index (χ4n) is 5.44. The fraction of sp³-hybridized carbons (Fsp3) is 0.290. The van der Waals surface area contributed by atoms with E-state index in [9.17, 15) is 4.39 Å². The van der Waals surface area contributed by atoms with Gasteiger partial charge in [0.05, 0.1) is 6.54 Å². The van der Waals surface area contributed by atoms with Gasteiger partial charge in [0.2, 0.25) is 11.9 Å². The van der Waals surface area contributed by atoms with Crippen molar-refractivity contribution in [3.8, 4) is 11.1 Å². The molecule has 0 radical (unpaired) electrons. The molecule has 0 aliphatic carbocycles. The number of hydrogen-bond acceptors (Lipinski definition) is 6. The molecule has 0 unspecified atom stereocenters. The van der Waals surface area contributed by atoms with Crippen molar-refractivity contribution in [1.29, 1.82) is 0 Å². The summed E-state index contributed by atoms with van der Waals surface area (Å²) in [7, 11) is 0. The monoisotopic (exact) mass is 543 g/mol. The molecule has 3 aromatic rings. The van der Waals surface area contributed by atoms with Crippen molar-refractivity contribution < 1.29 is 9.23 Å². The number of pyridine rings is 1. The average molecular weight is 544 g/mol. The minimum Gasteiger partial charge on any atom is -0.324 e. The highest BCUT2D eigenvalue weighted by atomic mass is 35.5. The number of benzene rings is 2. The van der Waals surface area contributed by atoms with Gasteiger partial charge in [-0.25, -0.2) is 15.0 Å². The average Bonchev–Trinajstić information content (AvgIpc) is 3.14. The molecule has 6 rings (SSSR count). The number of rotatable bonds is 5. The van der Waals surface area contributed by atoms with E-state index >= 15 is 0 Å². The number of halogens is 2. The molecule has 2 aromatic carbocycles. The van der Waals surface area contributed by atoms with Crippen molar-refractivity contribution in [2.45, 2.75) is 25.7 Å². The number of nitrogens with zero attached hydrogens (tertiary/aromatic N) is 4. The van der Waals surface area contributed by atoms with Crippen LogP contribution >= 0.6 is 11.6 Å². The molecule has 6 nitrogen and oxygen atoms in total. The molecule has 200 valence electrons. The summed E-state index contributed by atoms with van der Waals surface area (Å²) in [6, 6.07) is 17.6. The highest BCUT2D eigenvalue weighted by molar-refractivity contribution is 6.32. The lowest BCUT2D eigenvalue weighted by Gasteiger charge is -2.31. The van der Waals surface area contributed by atoms with Crippen LogP contribution in [-0.4, -0.2) is 53.7 Å². The summed E-state index contributed by atoms with van der Waals surface area (Å²) in [5, 5.41) is 5.72. The Bertz CT molecular complexity index is 1440. The van der Waals surface area contributed by atoms with Crippen LogP contribution < -0.4 is 5.32 Å². The van der Waals surface area contributed by atoms with Gasteiger partial charge in [-0.1, -0.05) is 42.8 Å². The summed E-state index contributed by atoms with van der Waals surface area (Å²) in [6.45, 7) is 6.61. The summed E-state index contributed by atoms with van der Waals surface area (Å²) >= 11 is 6.66. The second kappa shape index (κ2) is 11.3. The Morgan fingerprint density at radius 2 is 1.90 bits per heavy atom. The van der Waals surface area contributed by atoms with E-state index in [0.717, 1.165) is 28.9 Å². The number of nitrogens with one attached hydrogen (secondary N) is 1. The number of aliphatic imine (C=N–C) groups is 1. The van der Waals surface area contributed by atoms with E-state index in [2.05, 4.69) is 57.5 Å². The van der Waals surface area contributed by atoms with Crippen molar-refractivity contribution in [2.24, 2.45) is 4.99 Å². The van der Waals surface area contributed by atoms with Crippen LogP contribution in [0, 0.1) is 5.95 Å². The van der Waals surface area contributed by atoms with Gasteiger partial charge in [0, 0.05) is 28.7 Å². The van der Waals surface area contributed by atoms with E-state index < -0.39 is 5.95 Å². The largest absolute Gasteiger partial charge is 0.324 e. The molecule has 0 spiro atoms. The second-order valence-electron chi connectivity index (χ2n) is 10.1. The Hall–Kier alpha value is -3.52. The van der Waals surface area contributed by atoms with Gasteiger partial charge >= 0.3 is 0 Å². The van der Waals surface area contributed by atoms with Crippen molar-refractivity contribution in [3.63, 3.8) is 0 Å². The molecular formula is C31H31ClFN5O. The lowest BCUT2D eigenvalue weighted by atomic mass is 9.89. The minimum absolute atomic E-state index is 0.327. The van der Waals surface area contributed by atoms with E-state index in [1.807, 2.05) is 18.3 Å². The first-order valence-corrected chi connectivity index (χ1v) is 13.8. The maximum atomic E-state index is 14.2.